The SMILES string of the molecule is CCN(C(=O)c1ccccc1-c1ocnc1C(=O)NCc1cccc(OC)c1)c1ccccc1. The van der Waals surface area contributed by atoms with Gasteiger partial charge in [-0.15, -0.1) is 0 Å². The van der Waals surface area contributed by atoms with E-state index in [1.54, 1.807) is 36.3 Å². The summed E-state index contributed by atoms with van der Waals surface area (Å²) in [7, 11) is 1.59. The number of benzene rings is 3. The van der Waals surface area contributed by atoms with Gasteiger partial charge < -0.3 is 19.4 Å². The zero-order chi connectivity index (χ0) is 23.9. The maximum atomic E-state index is 13.5. The molecule has 4 aromatic rings. The first-order chi connectivity index (χ1) is 16.6. The molecule has 0 unspecified atom stereocenters. The van der Waals surface area contributed by atoms with Crippen LogP contribution in [0, 0.1) is 0 Å². The highest BCUT2D eigenvalue weighted by Gasteiger charge is 2.25. The van der Waals surface area contributed by atoms with Gasteiger partial charge in [-0.2, -0.15) is 0 Å². The smallest absolute Gasteiger partial charge is 0.274 e. The van der Waals surface area contributed by atoms with Crippen molar-refractivity contribution < 1.29 is 18.7 Å². The summed E-state index contributed by atoms with van der Waals surface area (Å²) < 4.78 is 10.8. The van der Waals surface area contributed by atoms with Crippen molar-refractivity contribution in [2.75, 3.05) is 18.6 Å². The molecule has 0 radical (unpaired) electrons. The largest absolute Gasteiger partial charge is 0.497 e. The Bertz CT molecular complexity index is 1280. The molecular weight excluding hydrogens is 430 g/mol. The van der Waals surface area contributed by atoms with Crippen molar-refractivity contribution in [3.8, 4) is 17.1 Å². The van der Waals surface area contributed by atoms with Crippen molar-refractivity contribution in [2.24, 2.45) is 0 Å². The number of para-hydroxylation sites is 1. The Balaban J connectivity index is 1.60. The topological polar surface area (TPSA) is 84.7 Å². The molecule has 7 heteroatoms. The first-order valence-corrected chi connectivity index (χ1v) is 10.9. The number of carbonyl (C=O) groups is 2. The predicted octanol–water partition coefficient (Wildman–Crippen LogP) is 4.95. The van der Waals surface area contributed by atoms with E-state index in [4.69, 9.17) is 9.15 Å². The maximum absolute atomic E-state index is 13.5. The number of carbonyl (C=O) groups excluding carboxylic acids is 2. The average Bonchev–Trinajstić information content (AvgIpc) is 3.38. The summed E-state index contributed by atoms with van der Waals surface area (Å²) in [6.07, 6.45) is 1.21. The molecule has 0 aliphatic rings. The van der Waals surface area contributed by atoms with Crippen molar-refractivity contribution in [3.05, 3.63) is 102 Å². The number of nitrogens with zero attached hydrogens (tertiary/aromatic N) is 2. The number of oxazole rings is 1. The Labute approximate surface area is 198 Å². The molecule has 0 aliphatic heterocycles. The van der Waals surface area contributed by atoms with Crippen LogP contribution < -0.4 is 15.0 Å². The maximum Gasteiger partial charge on any atom is 0.274 e. The van der Waals surface area contributed by atoms with Crippen molar-refractivity contribution in [2.45, 2.75) is 13.5 Å². The van der Waals surface area contributed by atoms with Crippen LogP contribution in [-0.4, -0.2) is 30.5 Å². The van der Waals surface area contributed by atoms with Gasteiger partial charge in [-0.25, -0.2) is 4.98 Å². The minimum atomic E-state index is -0.399. The van der Waals surface area contributed by atoms with E-state index in [0.717, 1.165) is 11.3 Å². The van der Waals surface area contributed by atoms with Crippen LogP contribution in [0.25, 0.3) is 11.3 Å². The van der Waals surface area contributed by atoms with E-state index in [1.807, 2.05) is 61.5 Å². The Kier molecular flexibility index (Phi) is 7.03. The van der Waals surface area contributed by atoms with Gasteiger partial charge in [0.15, 0.2) is 17.8 Å². The first-order valence-electron chi connectivity index (χ1n) is 10.9. The minimum absolute atomic E-state index is 0.117. The number of methoxy groups -OCH3 is 1. The Morgan fingerprint density at radius 1 is 1.00 bits per heavy atom. The molecule has 1 heterocycles. The molecule has 7 nitrogen and oxygen atoms in total. The van der Waals surface area contributed by atoms with Gasteiger partial charge in [0.05, 0.1) is 12.7 Å². The van der Waals surface area contributed by atoms with Gasteiger partial charge in [0.2, 0.25) is 0 Å². The fraction of sp³-hybridized carbons (Fsp3) is 0.148. The molecule has 0 bridgehead atoms. The number of hydrogen-bond acceptors (Lipinski definition) is 5. The third kappa shape index (κ3) is 4.83. The van der Waals surface area contributed by atoms with Crippen LogP contribution in [-0.2, 0) is 6.54 Å². The van der Waals surface area contributed by atoms with Gasteiger partial charge in [0, 0.05) is 24.3 Å². The standard InChI is InChI=1S/C27H25N3O4/c1-3-30(20-11-5-4-6-12-20)27(32)23-15-8-7-14-22(23)25-24(29-18-34-25)26(31)28-17-19-10-9-13-21(16-19)33-2/h4-16,18H,3,17H2,1-2H3,(H,28,31). The number of ether oxygens (including phenoxy) is 1. The molecule has 0 fully saturated rings. The molecule has 172 valence electrons. The van der Waals surface area contributed by atoms with E-state index in [1.165, 1.54) is 6.39 Å². The Morgan fingerprint density at radius 3 is 2.53 bits per heavy atom. The summed E-state index contributed by atoms with van der Waals surface area (Å²) in [4.78, 5) is 32.3. The second-order valence-electron chi connectivity index (χ2n) is 7.49. The van der Waals surface area contributed by atoms with E-state index in [-0.39, 0.29) is 17.4 Å². The van der Waals surface area contributed by atoms with Crippen LogP contribution in [0.15, 0.2) is 89.7 Å². The number of rotatable bonds is 8. The van der Waals surface area contributed by atoms with Crippen LogP contribution in [0.3, 0.4) is 0 Å². The molecule has 3 aromatic carbocycles. The Morgan fingerprint density at radius 2 is 1.76 bits per heavy atom. The summed E-state index contributed by atoms with van der Waals surface area (Å²) >= 11 is 0. The Hall–Kier alpha value is -4.39. The number of aromatic nitrogens is 1. The van der Waals surface area contributed by atoms with Gasteiger partial charge in [-0.05, 0) is 42.8 Å². The highest BCUT2D eigenvalue weighted by Crippen LogP contribution is 2.29. The molecule has 4 rings (SSSR count). The second kappa shape index (κ2) is 10.5. The quantitative estimate of drug-likeness (QED) is 0.407. The fourth-order valence-electron chi connectivity index (χ4n) is 3.71. The van der Waals surface area contributed by atoms with Crippen LogP contribution in [0.1, 0.15) is 33.3 Å². The minimum Gasteiger partial charge on any atom is -0.497 e. The van der Waals surface area contributed by atoms with Gasteiger partial charge in [0.1, 0.15) is 5.75 Å². The average molecular weight is 456 g/mol. The van der Waals surface area contributed by atoms with E-state index < -0.39 is 5.91 Å². The van der Waals surface area contributed by atoms with Crippen LogP contribution in [0.5, 0.6) is 5.75 Å². The van der Waals surface area contributed by atoms with Crippen LogP contribution in [0.4, 0.5) is 5.69 Å². The van der Waals surface area contributed by atoms with Crippen LogP contribution >= 0.6 is 0 Å². The number of nitrogens with one attached hydrogen (secondary N) is 1. The molecule has 34 heavy (non-hydrogen) atoms. The lowest BCUT2D eigenvalue weighted by molar-refractivity contribution is 0.0944. The van der Waals surface area contributed by atoms with Crippen molar-refractivity contribution in [1.29, 1.82) is 0 Å². The summed E-state index contributed by atoms with van der Waals surface area (Å²) in [6.45, 7) is 2.70. The molecule has 0 spiro atoms. The lowest BCUT2D eigenvalue weighted by Gasteiger charge is -2.22. The monoisotopic (exact) mass is 455 g/mol. The summed E-state index contributed by atoms with van der Waals surface area (Å²) in [5, 5.41) is 2.86. The van der Waals surface area contributed by atoms with E-state index in [9.17, 15) is 9.59 Å². The number of hydrogen-bond donors (Lipinski definition) is 1. The molecule has 0 saturated heterocycles. The van der Waals surface area contributed by atoms with Gasteiger partial charge in [0.25, 0.3) is 11.8 Å². The van der Waals surface area contributed by atoms with E-state index in [2.05, 4.69) is 10.3 Å². The van der Waals surface area contributed by atoms with Gasteiger partial charge in [-0.1, -0.05) is 48.5 Å². The zero-order valence-electron chi connectivity index (χ0n) is 19.0. The van der Waals surface area contributed by atoms with Gasteiger partial charge >= 0.3 is 0 Å². The van der Waals surface area contributed by atoms with E-state index >= 15 is 0 Å². The summed E-state index contributed by atoms with van der Waals surface area (Å²) in [5.41, 5.74) is 2.72. The number of amides is 2. The zero-order valence-corrected chi connectivity index (χ0v) is 19.0. The molecule has 0 aliphatic carbocycles. The summed E-state index contributed by atoms with van der Waals surface area (Å²) in [6, 6.07) is 23.9. The molecule has 2 amide bonds. The number of anilines is 1. The highest BCUT2D eigenvalue weighted by molar-refractivity contribution is 6.11. The molecule has 1 N–H and O–H groups in total. The second-order valence-corrected chi connectivity index (χ2v) is 7.49. The molecule has 0 atom stereocenters. The van der Waals surface area contributed by atoms with Crippen molar-refractivity contribution in [3.63, 3.8) is 0 Å². The van der Waals surface area contributed by atoms with Crippen LogP contribution in [0.2, 0.25) is 0 Å². The summed E-state index contributed by atoms with van der Waals surface area (Å²) in [5.74, 6) is 0.365. The normalized spacial score (nSPS) is 10.5. The highest BCUT2D eigenvalue weighted by atomic mass is 16.5. The molecule has 1 aromatic heterocycles. The fourth-order valence-corrected chi connectivity index (χ4v) is 3.71. The van der Waals surface area contributed by atoms with E-state index in [0.29, 0.717) is 30.0 Å². The third-order valence-electron chi connectivity index (χ3n) is 5.40. The van der Waals surface area contributed by atoms with Crippen molar-refractivity contribution >= 4 is 17.5 Å². The lowest BCUT2D eigenvalue weighted by Crippen LogP contribution is -2.31. The molecular formula is C27H25N3O4. The first kappa shape index (κ1) is 22.8. The predicted molar refractivity (Wildman–Crippen MR) is 130 cm³/mol. The third-order valence-corrected chi connectivity index (χ3v) is 5.40. The van der Waals surface area contributed by atoms with Crippen molar-refractivity contribution in [1.82, 2.24) is 10.3 Å². The van der Waals surface area contributed by atoms with Gasteiger partial charge in [-0.3, -0.25) is 9.59 Å². The lowest BCUT2D eigenvalue weighted by atomic mass is 10.0. The molecule has 0 saturated carbocycles.